The second-order valence-corrected chi connectivity index (χ2v) is 2.54. The van der Waals surface area contributed by atoms with Gasteiger partial charge in [-0.05, 0) is 12.1 Å². The minimum Gasteiger partial charge on any atom is -0.464 e. The SMILES string of the molecule is COC(=O)c1ccc(C(F)F)c(C#N)n1. The van der Waals surface area contributed by atoms with E-state index in [1.165, 1.54) is 6.07 Å². The van der Waals surface area contributed by atoms with E-state index >= 15 is 0 Å². The van der Waals surface area contributed by atoms with Crippen molar-refractivity contribution in [3.05, 3.63) is 29.1 Å². The summed E-state index contributed by atoms with van der Waals surface area (Å²) >= 11 is 0. The van der Waals surface area contributed by atoms with Crippen LogP contribution in [0.25, 0.3) is 0 Å². The average Bonchev–Trinajstić information content (AvgIpc) is 2.26. The maximum absolute atomic E-state index is 12.3. The van der Waals surface area contributed by atoms with Gasteiger partial charge in [0.2, 0.25) is 0 Å². The van der Waals surface area contributed by atoms with Crippen LogP contribution in [0, 0.1) is 11.3 Å². The van der Waals surface area contributed by atoms with E-state index in [1.807, 2.05) is 0 Å². The molecule has 0 radical (unpaired) electrons. The molecule has 0 fully saturated rings. The summed E-state index contributed by atoms with van der Waals surface area (Å²) in [7, 11) is 1.14. The van der Waals surface area contributed by atoms with E-state index in [-0.39, 0.29) is 5.69 Å². The molecule has 1 aromatic heterocycles. The number of rotatable bonds is 2. The summed E-state index contributed by atoms with van der Waals surface area (Å²) in [6.45, 7) is 0. The number of hydrogen-bond acceptors (Lipinski definition) is 4. The molecular formula is C9H6F2N2O2. The Hall–Kier alpha value is -2.03. The number of carbonyl (C=O) groups excluding carboxylic acids is 1. The zero-order valence-electron chi connectivity index (χ0n) is 7.70. The number of pyridine rings is 1. The van der Waals surface area contributed by atoms with Gasteiger partial charge in [-0.25, -0.2) is 18.6 Å². The van der Waals surface area contributed by atoms with Crippen molar-refractivity contribution < 1.29 is 18.3 Å². The van der Waals surface area contributed by atoms with E-state index in [0.29, 0.717) is 0 Å². The van der Waals surface area contributed by atoms with Crippen molar-refractivity contribution in [2.45, 2.75) is 6.43 Å². The Labute approximate surface area is 84.1 Å². The summed E-state index contributed by atoms with van der Waals surface area (Å²) < 4.78 is 29.0. The number of esters is 1. The molecule has 0 saturated heterocycles. The maximum Gasteiger partial charge on any atom is 0.356 e. The lowest BCUT2D eigenvalue weighted by molar-refractivity contribution is 0.0593. The number of methoxy groups -OCH3 is 1. The standard InChI is InChI=1S/C9H6F2N2O2/c1-15-9(14)6-3-2-5(8(10)11)7(4-12)13-6/h2-3,8H,1H3. The summed E-state index contributed by atoms with van der Waals surface area (Å²) in [4.78, 5) is 14.4. The first kappa shape index (κ1) is 11.0. The minimum atomic E-state index is -2.79. The molecule has 78 valence electrons. The van der Waals surface area contributed by atoms with E-state index in [0.717, 1.165) is 19.2 Å². The summed E-state index contributed by atoms with van der Waals surface area (Å²) in [5.41, 5.74) is -1.13. The Bertz CT molecular complexity index is 427. The van der Waals surface area contributed by atoms with Crippen LogP contribution >= 0.6 is 0 Å². The van der Waals surface area contributed by atoms with Crippen LogP contribution in [-0.2, 0) is 4.74 Å². The predicted octanol–water partition coefficient (Wildman–Crippen LogP) is 1.68. The van der Waals surface area contributed by atoms with Gasteiger partial charge < -0.3 is 4.74 Å². The van der Waals surface area contributed by atoms with Crippen molar-refractivity contribution in [1.29, 1.82) is 5.26 Å². The van der Waals surface area contributed by atoms with Gasteiger partial charge in [0.1, 0.15) is 17.5 Å². The van der Waals surface area contributed by atoms with Crippen LogP contribution in [0.15, 0.2) is 12.1 Å². The molecule has 0 unspecified atom stereocenters. The summed E-state index contributed by atoms with van der Waals surface area (Å²) in [6, 6.07) is 3.58. The smallest absolute Gasteiger partial charge is 0.356 e. The second kappa shape index (κ2) is 4.46. The Morgan fingerprint density at radius 1 is 1.60 bits per heavy atom. The van der Waals surface area contributed by atoms with E-state index < -0.39 is 23.7 Å². The van der Waals surface area contributed by atoms with Crippen molar-refractivity contribution >= 4 is 5.97 Å². The largest absolute Gasteiger partial charge is 0.464 e. The molecule has 0 aliphatic carbocycles. The molecule has 4 nitrogen and oxygen atoms in total. The van der Waals surface area contributed by atoms with E-state index in [2.05, 4.69) is 9.72 Å². The molecule has 15 heavy (non-hydrogen) atoms. The van der Waals surface area contributed by atoms with Gasteiger partial charge in [0, 0.05) is 0 Å². The van der Waals surface area contributed by atoms with Crippen molar-refractivity contribution in [2.75, 3.05) is 7.11 Å². The van der Waals surface area contributed by atoms with Crippen molar-refractivity contribution in [2.24, 2.45) is 0 Å². The quantitative estimate of drug-likeness (QED) is 0.699. The molecule has 1 aromatic rings. The molecule has 0 amide bonds. The second-order valence-electron chi connectivity index (χ2n) is 2.54. The molecule has 0 aliphatic rings. The van der Waals surface area contributed by atoms with Crippen molar-refractivity contribution in [3.8, 4) is 6.07 Å². The fourth-order valence-electron chi connectivity index (χ4n) is 0.954. The normalized spacial score (nSPS) is 9.80. The molecule has 6 heteroatoms. The fourth-order valence-corrected chi connectivity index (χ4v) is 0.954. The average molecular weight is 212 g/mol. The molecule has 0 saturated carbocycles. The number of hydrogen-bond donors (Lipinski definition) is 0. The molecular weight excluding hydrogens is 206 g/mol. The first-order chi connectivity index (χ1) is 7.10. The number of carbonyl (C=O) groups is 1. The van der Waals surface area contributed by atoms with Crippen molar-refractivity contribution in [3.63, 3.8) is 0 Å². The molecule has 0 bridgehead atoms. The fraction of sp³-hybridized carbons (Fsp3) is 0.222. The van der Waals surface area contributed by atoms with Crippen LogP contribution in [0.4, 0.5) is 8.78 Å². The Balaban J connectivity index is 3.21. The topological polar surface area (TPSA) is 63.0 Å². The lowest BCUT2D eigenvalue weighted by Crippen LogP contribution is -2.07. The molecule has 0 spiro atoms. The van der Waals surface area contributed by atoms with Gasteiger partial charge >= 0.3 is 5.97 Å². The number of ether oxygens (including phenoxy) is 1. The molecule has 1 heterocycles. The number of alkyl halides is 2. The van der Waals surface area contributed by atoms with Gasteiger partial charge in [-0.15, -0.1) is 0 Å². The Kier molecular flexibility index (Phi) is 3.29. The Morgan fingerprint density at radius 2 is 2.27 bits per heavy atom. The van der Waals surface area contributed by atoms with Crippen LogP contribution < -0.4 is 0 Å². The van der Waals surface area contributed by atoms with Crippen LogP contribution in [-0.4, -0.2) is 18.1 Å². The van der Waals surface area contributed by atoms with Gasteiger partial charge in [0.05, 0.1) is 12.7 Å². The van der Waals surface area contributed by atoms with Gasteiger partial charge in [0.25, 0.3) is 6.43 Å². The molecule has 0 N–H and O–H groups in total. The lowest BCUT2D eigenvalue weighted by Gasteiger charge is -2.03. The monoisotopic (exact) mass is 212 g/mol. The highest BCUT2D eigenvalue weighted by Gasteiger charge is 2.17. The highest BCUT2D eigenvalue weighted by molar-refractivity contribution is 5.87. The van der Waals surface area contributed by atoms with Crippen LogP contribution in [0.3, 0.4) is 0 Å². The Morgan fingerprint density at radius 3 is 2.73 bits per heavy atom. The molecule has 1 rings (SSSR count). The van der Waals surface area contributed by atoms with E-state index in [9.17, 15) is 13.6 Å². The van der Waals surface area contributed by atoms with Gasteiger partial charge in [0.15, 0.2) is 0 Å². The van der Waals surface area contributed by atoms with E-state index in [4.69, 9.17) is 5.26 Å². The van der Waals surface area contributed by atoms with Crippen LogP contribution in [0.5, 0.6) is 0 Å². The molecule has 0 aromatic carbocycles. The first-order valence-corrected chi connectivity index (χ1v) is 3.87. The predicted molar refractivity (Wildman–Crippen MR) is 45.2 cm³/mol. The number of halogens is 2. The lowest BCUT2D eigenvalue weighted by atomic mass is 10.2. The maximum atomic E-state index is 12.3. The third-order valence-electron chi connectivity index (χ3n) is 1.66. The summed E-state index contributed by atoms with van der Waals surface area (Å²) in [5.74, 6) is -0.771. The van der Waals surface area contributed by atoms with Crippen molar-refractivity contribution in [1.82, 2.24) is 4.98 Å². The van der Waals surface area contributed by atoms with Gasteiger partial charge in [-0.3, -0.25) is 0 Å². The van der Waals surface area contributed by atoms with Crippen LogP contribution in [0.1, 0.15) is 28.2 Å². The highest BCUT2D eigenvalue weighted by Crippen LogP contribution is 2.21. The van der Waals surface area contributed by atoms with Crippen LogP contribution in [0.2, 0.25) is 0 Å². The zero-order chi connectivity index (χ0) is 11.4. The number of aromatic nitrogens is 1. The minimum absolute atomic E-state index is 0.168. The van der Waals surface area contributed by atoms with Gasteiger partial charge in [-0.1, -0.05) is 0 Å². The van der Waals surface area contributed by atoms with E-state index in [1.54, 1.807) is 0 Å². The molecule has 0 atom stereocenters. The summed E-state index contributed by atoms with van der Waals surface area (Å²) in [5, 5.41) is 8.55. The third-order valence-corrected chi connectivity index (χ3v) is 1.66. The zero-order valence-corrected chi connectivity index (χ0v) is 7.70. The highest BCUT2D eigenvalue weighted by atomic mass is 19.3. The number of nitriles is 1. The summed E-state index contributed by atoms with van der Waals surface area (Å²) in [6.07, 6.45) is -2.79. The first-order valence-electron chi connectivity index (χ1n) is 3.87. The van der Waals surface area contributed by atoms with Gasteiger partial charge in [-0.2, -0.15) is 5.26 Å². The molecule has 0 aliphatic heterocycles. The third kappa shape index (κ3) is 2.26. The number of nitrogens with zero attached hydrogens (tertiary/aromatic N) is 2.